The van der Waals surface area contributed by atoms with E-state index in [-0.39, 0.29) is 0 Å². The van der Waals surface area contributed by atoms with E-state index in [0.717, 1.165) is 10.0 Å². The van der Waals surface area contributed by atoms with E-state index in [1.807, 2.05) is 30.1 Å². The molecular weight excluding hydrogens is 350 g/mol. The molecule has 0 radical (unpaired) electrons. The molecule has 0 atom stereocenters. The van der Waals surface area contributed by atoms with Gasteiger partial charge in [-0.3, -0.25) is 0 Å². The van der Waals surface area contributed by atoms with Gasteiger partial charge >= 0.3 is 0 Å². The topological polar surface area (TPSA) is 56.7 Å². The van der Waals surface area contributed by atoms with Gasteiger partial charge in [-0.2, -0.15) is 4.98 Å². The summed E-state index contributed by atoms with van der Waals surface area (Å²) in [6.45, 7) is 0.630. The first-order chi connectivity index (χ1) is 10.6. The van der Waals surface area contributed by atoms with E-state index in [9.17, 15) is 0 Å². The largest absolute Gasteiger partial charge is 0.493 e. The van der Waals surface area contributed by atoms with Gasteiger partial charge in [0.15, 0.2) is 11.5 Å². The van der Waals surface area contributed by atoms with Crippen LogP contribution in [0, 0.1) is 0 Å². The zero-order chi connectivity index (χ0) is 16.1. The van der Waals surface area contributed by atoms with Crippen molar-refractivity contribution in [2.24, 2.45) is 0 Å². The third-order valence-electron chi connectivity index (χ3n) is 3.10. The fraction of sp³-hybridized carbons (Fsp3) is 0.333. The first-order valence-corrected chi connectivity index (χ1v) is 7.37. The number of hydrogen-bond acceptors (Lipinski definition) is 6. The molecule has 118 valence electrons. The van der Waals surface area contributed by atoms with E-state index in [4.69, 9.17) is 14.2 Å². The predicted octanol–water partition coefficient (Wildman–Crippen LogP) is 2.90. The maximum absolute atomic E-state index is 5.32. The van der Waals surface area contributed by atoms with Crippen LogP contribution in [0.4, 0.5) is 5.95 Å². The molecule has 2 rings (SSSR count). The number of aromatic nitrogens is 2. The lowest BCUT2D eigenvalue weighted by atomic mass is 10.2. The first-order valence-electron chi connectivity index (χ1n) is 6.57. The summed E-state index contributed by atoms with van der Waals surface area (Å²) in [4.78, 5) is 10.6. The first kappa shape index (κ1) is 16.4. The molecule has 0 saturated heterocycles. The Hall–Kier alpha value is -2.02. The molecule has 0 bridgehead atoms. The molecule has 7 heteroatoms. The Kier molecular flexibility index (Phi) is 5.43. The molecule has 1 heterocycles. The van der Waals surface area contributed by atoms with Gasteiger partial charge in [-0.25, -0.2) is 4.98 Å². The van der Waals surface area contributed by atoms with Crippen LogP contribution in [-0.2, 0) is 6.54 Å². The molecule has 0 saturated carbocycles. The van der Waals surface area contributed by atoms with Crippen molar-refractivity contribution in [3.63, 3.8) is 0 Å². The lowest BCUT2D eigenvalue weighted by Crippen LogP contribution is -2.19. The molecule has 0 aliphatic rings. The van der Waals surface area contributed by atoms with E-state index in [2.05, 4.69) is 25.9 Å². The van der Waals surface area contributed by atoms with E-state index in [0.29, 0.717) is 29.9 Å². The Balaban J connectivity index is 2.19. The van der Waals surface area contributed by atoms with Crippen LogP contribution in [0.25, 0.3) is 0 Å². The van der Waals surface area contributed by atoms with Crippen molar-refractivity contribution >= 4 is 21.9 Å². The van der Waals surface area contributed by atoms with Crippen molar-refractivity contribution in [2.75, 3.05) is 33.3 Å². The second-order valence-corrected chi connectivity index (χ2v) is 5.43. The number of methoxy groups -OCH3 is 3. The minimum Gasteiger partial charge on any atom is -0.493 e. The number of hydrogen-bond donors (Lipinski definition) is 0. The van der Waals surface area contributed by atoms with Gasteiger partial charge in [0.25, 0.3) is 0 Å². The molecule has 0 amide bonds. The molecule has 0 unspecified atom stereocenters. The maximum atomic E-state index is 5.32. The Labute approximate surface area is 138 Å². The van der Waals surface area contributed by atoms with E-state index >= 15 is 0 Å². The second kappa shape index (κ2) is 7.31. The average molecular weight is 368 g/mol. The predicted molar refractivity (Wildman–Crippen MR) is 87.9 cm³/mol. The Morgan fingerprint density at radius 2 is 1.82 bits per heavy atom. The highest BCUT2D eigenvalue weighted by Crippen LogP contribution is 2.29. The molecule has 0 spiro atoms. The number of halogens is 1. The summed E-state index contributed by atoms with van der Waals surface area (Å²) in [6.07, 6.45) is 1.67. The lowest BCUT2D eigenvalue weighted by molar-refractivity contribution is 0.354. The Morgan fingerprint density at radius 3 is 2.45 bits per heavy atom. The number of ether oxygens (including phenoxy) is 3. The zero-order valence-corrected chi connectivity index (χ0v) is 14.5. The van der Waals surface area contributed by atoms with E-state index in [1.165, 1.54) is 0 Å². The summed E-state index contributed by atoms with van der Waals surface area (Å²) in [6, 6.07) is 5.80. The van der Waals surface area contributed by atoms with Crippen LogP contribution in [0.5, 0.6) is 17.4 Å². The molecule has 2 aromatic rings. The quantitative estimate of drug-likeness (QED) is 0.782. The van der Waals surface area contributed by atoms with E-state index < -0.39 is 0 Å². The fourth-order valence-corrected chi connectivity index (χ4v) is 2.35. The second-order valence-electron chi connectivity index (χ2n) is 4.57. The minimum atomic E-state index is 0.504. The lowest BCUT2D eigenvalue weighted by Gasteiger charge is -2.18. The molecule has 6 nitrogen and oxygen atoms in total. The molecule has 0 aliphatic heterocycles. The zero-order valence-electron chi connectivity index (χ0n) is 13.0. The SMILES string of the molecule is COc1ccc(CN(C)c2ncc(Br)c(OC)n2)cc1OC. The minimum absolute atomic E-state index is 0.504. The van der Waals surface area contributed by atoms with Crippen molar-refractivity contribution in [1.82, 2.24) is 9.97 Å². The molecule has 1 aromatic heterocycles. The summed E-state index contributed by atoms with van der Waals surface area (Å²) < 4.78 is 16.5. The maximum Gasteiger partial charge on any atom is 0.232 e. The standard InChI is InChI=1S/C15H18BrN3O3/c1-19(15-17-8-11(16)14(18-15)22-4)9-10-5-6-12(20-2)13(7-10)21-3/h5-8H,9H2,1-4H3. The van der Waals surface area contributed by atoms with Crippen molar-refractivity contribution in [3.8, 4) is 17.4 Å². The molecule has 0 aliphatic carbocycles. The Bertz CT molecular complexity index is 652. The van der Waals surface area contributed by atoms with E-state index in [1.54, 1.807) is 27.5 Å². The monoisotopic (exact) mass is 367 g/mol. The van der Waals surface area contributed by atoms with Crippen molar-refractivity contribution in [1.29, 1.82) is 0 Å². The van der Waals surface area contributed by atoms with Crippen molar-refractivity contribution in [2.45, 2.75) is 6.54 Å². The van der Waals surface area contributed by atoms with Gasteiger partial charge in [-0.1, -0.05) is 6.07 Å². The summed E-state index contributed by atoms with van der Waals surface area (Å²) in [7, 11) is 6.73. The highest BCUT2D eigenvalue weighted by atomic mass is 79.9. The smallest absolute Gasteiger partial charge is 0.232 e. The number of rotatable bonds is 6. The third-order valence-corrected chi connectivity index (χ3v) is 3.65. The fourth-order valence-electron chi connectivity index (χ4n) is 1.99. The van der Waals surface area contributed by atoms with Gasteiger partial charge in [-0.05, 0) is 33.6 Å². The Morgan fingerprint density at radius 1 is 1.09 bits per heavy atom. The highest BCUT2D eigenvalue weighted by Gasteiger charge is 2.11. The van der Waals surface area contributed by atoms with Crippen LogP contribution < -0.4 is 19.1 Å². The molecule has 0 fully saturated rings. The summed E-state index contributed by atoms with van der Waals surface area (Å²) >= 11 is 3.34. The van der Waals surface area contributed by atoms with Gasteiger partial charge in [0.1, 0.15) is 0 Å². The third kappa shape index (κ3) is 3.59. The summed E-state index contributed by atoms with van der Waals surface area (Å²) in [5.41, 5.74) is 1.06. The summed E-state index contributed by atoms with van der Waals surface area (Å²) in [5.74, 6) is 2.48. The van der Waals surface area contributed by atoms with Gasteiger partial charge in [-0.15, -0.1) is 0 Å². The van der Waals surface area contributed by atoms with Crippen LogP contribution in [-0.4, -0.2) is 38.3 Å². The van der Waals surface area contributed by atoms with Gasteiger partial charge in [0, 0.05) is 13.6 Å². The molecule has 1 aromatic carbocycles. The molecule has 0 N–H and O–H groups in total. The van der Waals surface area contributed by atoms with Crippen molar-refractivity contribution in [3.05, 3.63) is 34.4 Å². The number of nitrogens with zero attached hydrogens (tertiary/aromatic N) is 3. The van der Waals surface area contributed by atoms with Crippen LogP contribution in [0.2, 0.25) is 0 Å². The van der Waals surface area contributed by atoms with Gasteiger partial charge < -0.3 is 19.1 Å². The van der Waals surface area contributed by atoms with Crippen LogP contribution >= 0.6 is 15.9 Å². The van der Waals surface area contributed by atoms with Crippen LogP contribution in [0.1, 0.15) is 5.56 Å². The van der Waals surface area contributed by atoms with Crippen LogP contribution in [0.3, 0.4) is 0 Å². The summed E-state index contributed by atoms with van der Waals surface area (Å²) in [5, 5.41) is 0. The number of anilines is 1. The van der Waals surface area contributed by atoms with Gasteiger partial charge in [0.05, 0.1) is 32.0 Å². The normalized spacial score (nSPS) is 10.2. The molecule has 22 heavy (non-hydrogen) atoms. The number of benzene rings is 1. The highest BCUT2D eigenvalue weighted by molar-refractivity contribution is 9.10. The molecular formula is C15H18BrN3O3. The van der Waals surface area contributed by atoms with Gasteiger partial charge in [0.2, 0.25) is 11.8 Å². The van der Waals surface area contributed by atoms with Crippen LogP contribution in [0.15, 0.2) is 28.9 Å². The van der Waals surface area contributed by atoms with Crippen molar-refractivity contribution < 1.29 is 14.2 Å². The average Bonchev–Trinajstić information content (AvgIpc) is 2.55.